The van der Waals surface area contributed by atoms with Crippen molar-refractivity contribution in [2.24, 2.45) is 0 Å². The summed E-state index contributed by atoms with van der Waals surface area (Å²) in [7, 11) is 1.62. The predicted octanol–water partition coefficient (Wildman–Crippen LogP) is 5.58. The SMILES string of the molecule is COc1ccc(CCC(=O)N(C(C)C)C(C(=O)NCc2ccccc2)c2ccc(Cl)cc2)cc1. The number of rotatable bonds is 10. The van der Waals surface area contributed by atoms with Gasteiger partial charge in [-0.15, -0.1) is 0 Å². The number of aryl methyl sites for hydroxylation is 1. The van der Waals surface area contributed by atoms with E-state index in [9.17, 15) is 9.59 Å². The Kier molecular flexibility index (Phi) is 9.11. The van der Waals surface area contributed by atoms with Crippen LogP contribution in [0, 0.1) is 0 Å². The number of amides is 2. The van der Waals surface area contributed by atoms with Crippen LogP contribution in [-0.4, -0.2) is 29.9 Å². The standard InChI is InChI=1S/C28H31ClN2O3/c1-20(2)31(26(32)18-11-21-9-16-25(34-3)17-10-21)27(23-12-14-24(29)15-13-23)28(33)30-19-22-7-5-4-6-8-22/h4-10,12-17,20,27H,11,18-19H2,1-3H3,(H,30,33). The van der Waals surface area contributed by atoms with Crippen molar-refractivity contribution in [1.82, 2.24) is 10.2 Å². The summed E-state index contributed by atoms with van der Waals surface area (Å²) in [5, 5.41) is 3.59. The van der Waals surface area contributed by atoms with Crippen LogP contribution < -0.4 is 10.1 Å². The lowest BCUT2D eigenvalue weighted by Crippen LogP contribution is -2.47. The Bertz CT molecular complexity index is 1070. The van der Waals surface area contributed by atoms with Gasteiger partial charge in [0.05, 0.1) is 7.11 Å². The molecule has 0 aromatic heterocycles. The molecule has 178 valence electrons. The molecule has 0 saturated heterocycles. The number of nitrogens with one attached hydrogen (secondary N) is 1. The highest BCUT2D eigenvalue weighted by molar-refractivity contribution is 6.30. The zero-order valence-corrected chi connectivity index (χ0v) is 20.6. The van der Waals surface area contributed by atoms with E-state index in [4.69, 9.17) is 16.3 Å². The fourth-order valence-electron chi connectivity index (χ4n) is 3.87. The Balaban J connectivity index is 1.81. The van der Waals surface area contributed by atoms with Crippen LogP contribution in [0.2, 0.25) is 5.02 Å². The topological polar surface area (TPSA) is 58.6 Å². The van der Waals surface area contributed by atoms with E-state index in [1.54, 1.807) is 36.3 Å². The molecule has 0 aliphatic heterocycles. The van der Waals surface area contributed by atoms with Crippen LogP contribution in [0.5, 0.6) is 5.75 Å². The zero-order valence-electron chi connectivity index (χ0n) is 19.8. The molecule has 0 saturated carbocycles. The van der Waals surface area contributed by atoms with Crippen molar-refractivity contribution < 1.29 is 14.3 Å². The van der Waals surface area contributed by atoms with Gasteiger partial charge in [0.2, 0.25) is 11.8 Å². The van der Waals surface area contributed by atoms with Crippen molar-refractivity contribution in [2.45, 2.75) is 45.3 Å². The molecule has 1 unspecified atom stereocenters. The third-order valence-electron chi connectivity index (χ3n) is 5.65. The van der Waals surface area contributed by atoms with Crippen LogP contribution in [0.25, 0.3) is 0 Å². The molecular weight excluding hydrogens is 448 g/mol. The Labute approximate surface area is 206 Å². The summed E-state index contributed by atoms with van der Waals surface area (Å²) < 4.78 is 5.21. The molecule has 34 heavy (non-hydrogen) atoms. The van der Waals surface area contributed by atoms with Gasteiger partial charge in [0.25, 0.3) is 0 Å². The van der Waals surface area contributed by atoms with Gasteiger partial charge < -0.3 is 15.0 Å². The molecule has 2 amide bonds. The summed E-state index contributed by atoms with van der Waals surface area (Å²) >= 11 is 6.09. The van der Waals surface area contributed by atoms with Gasteiger partial charge in [-0.25, -0.2) is 0 Å². The van der Waals surface area contributed by atoms with E-state index in [1.165, 1.54) is 0 Å². The Morgan fingerprint density at radius 3 is 2.15 bits per heavy atom. The van der Waals surface area contributed by atoms with E-state index in [0.717, 1.165) is 22.4 Å². The first-order valence-electron chi connectivity index (χ1n) is 11.4. The lowest BCUT2D eigenvalue weighted by atomic mass is 10.0. The molecule has 0 fully saturated rings. The van der Waals surface area contributed by atoms with Crippen LogP contribution in [0.1, 0.15) is 43.0 Å². The van der Waals surface area contributed by atoms with E-state index in [2.05, 4.69) is 5.32 Å². The number of hydrogen-bond donors (Lipinski definition) is 1. The average molecular weight is 479 g/mol. The number of carbonyl (C=O) groups is 2. The quantitative estimate of drug-likeness (QED) is 0.414. The van der Waals surface area contributed by atoms with Crippen molar-refractivity contribution in [1.29, 1.82) is 0 Å². The Morgan fingerprint density at radius 2 is 1.56 bits per heavy atom. The molecule has 5 nitrogen and oxygen atoms in total. The van der Waals surface area contributed by atoms with E-state index < -0.39 is 6.04 Å². The van der Waals surface area contributed by atoms with Crippen LogP contribution in [-0.2, 0) is 22.6 Å². The van der Waals surface area contributed by atoms with Gasteiger partial charge in [0.15, 0.2) is 0 Å². The van der Waals surface area contributed by atoms with Gasteiger partial charge in [-0.05, 0) is 61.2 Å². The van der Waals surface area contributed by atoms with Crippen LogP contribution >= 0.6 is 11.6 Å². The van der Waals surface area contributed by atoms with Gasteiger partial charge in [-0.2, -0.15) is 0 Å². The smallest absolute Gasteiger partial charge is 0.247 e. The van der Waals surface area contributed by atoms with Crippen molar-refractivity contribution in [3.63, 3.8) is 0 Å². The maximum Gasteiger partial charge on any atom is 0.247 e. The summed E-state index contributed by atoms with van der Waals surface area (Å²) in [6.07, 6.45) is 0.867. The highest BCUT2D eigenvalue weighted by Crippen LogP contribution is 2.27. The maximum absolute atomic E-state index is 13.4. The molecule has 0 bridgehead atoms. The van der Waals surface area contributed by atoms with Crippen LogP contribution in [0.3, 0.4) is 0 Å². The van der Waals surface area contributed by atoms with Gasteiger partial charge >= 0.3 is 0 Å². The van der Waals surface area contributed by atoms with Crippen molar-refractivity contribution in [3.8, 4) is 5.75 Å². The molecule has 0 aliphatic carbocycles. The van der Waals surface area contributed by atoms with Gasteiger partial charge in [-0.1, -0.05) is 66.2 Å². The number of benzene rings is 3. The number of halogens is 1. The molecule has 0 aliphatic rings. The molecular formula is C28H31ClN2O3. The lowest BCUT2D eigenvalue weighted by molar-refractivity contribution is -0.143. The molecule has 0 spiro atoms. The van der Waals surface area contributed by atoms with Crippen molar-refractivity contribution in [2.75, 3.05) is 7.11 Å². The highest BCUT2D eigenvalue weighted by Gasteiger charge is 2.33. The van der Waals surface area contributed by atoms with Gasteiger partial charge in [0.1, 0.15) is 11.8 Å². The molecule has 0 radical (unpaired) electrons. The first-order chi connectivity index (χ1) is 16.4. The van der Waals surface area contributed by atoms with E-state index in [-0.39, 0.29) is 17.9 Å². The number of methoxy groups -OCH3 is 1. The van der Waals surface area contributed by atoms with Gasteiger partial charge in [0, 0.05) is 24.0 Å². The predicted molar refractivity (Wildman–Crippen MR) is 136 cm³/mol. The fourth-order valence-corrected chi connectivity index (χ4v) is 3.99. The molecule has 3 aromatic rings. The largest absolute Gasteiger partial charge is 0.497 e. The normalized spacial score (nSPS) is 11.7. The zero-order chi connectivity index (χ0) is 24.5. The number of carbonyl (C=O) groups excluding carboxylic acids is 2. The van der Waals surface area contributed by atoms with Crippen molar-refractivity contribution >= 4 is 23.4 Å². The monoisotopic (exact) mass is 478 g/mol. The van der Waals surface area contributed by atoms with E-state index in [1.807, 2.05) is 68.4 Å². The summed E-state index contributed by atoms with van der Waals surface area (Å²) in [4.78, 5) is 28.6. The van der Waals surface area contributed by atoms with Gasteiger partial charge in [-0.3, -0.25) is 9.59 Å². The minimum atomic E-state index is -0.760. The molecule has 1 N–H and O–H groups in total. The van der Waals surface area contributed by atoms with E-state index in [0.29, 0.717) is 24.4 Å². The number of nitrogens with zero attached hydrogens (tertiary/aromatic N) is 1. The molecule has 3 rings (SSSR count). The third-order valence-corrected chi connectivity index (χ3v) is 5.90. The minimum absolute atomic E-state index is 0.0828. The highest BCUT2D eigenvalue weighted by atomic mass is 35.5. The Morgan fingerprint density at radius 1 is 0.912 bits per heavy atom. The lowest BCUT2D eigenvalue weighted by Gasteiger charge is -2.35. The third kappa shape index (κ3) is 6.84. The number of hydrogen-bond acceptors (Lipinski definition) is 3. The minimum Gasteiger partial charge on any atom is -0.497 e. The second-order valence-electron chi connectivity index (χ2n) is 8.40. The summed E-state index contributed by atoms with van der Waals surface area (Å²) in [5.74, 6) is 0.468. The average Bonchev–Trinajstić information content (AvgIpc) is 2.85. The van der Waals surface area contributed by atoms with Crippen LogP contribution in [0.15, 0.2) is 78.9 Å². The van der Waals surface area contributed by atoms with Crippen LogP contribution in [0.4, 0.5) is 0 Å². The number of ether oxygens (including phenoxy) is 1. The second kappa shape index (κ2) is 12.2. The Hall–Kier alpha value is -3.31. The molecule has 1 atom stereocenters. The molecule has 0 heterocycles. The summed E-state index contributed by atoms with van der Waals surface area (Å²) in [5.41, 5.74) is 2.75. The van der Waals surface area contributed by atoms with Crippen molar-refractivity contribution in [3.05, 3.63) is 101 Å². The summed E-state index contributed by atoms with van der Waals surface area (Å²) in [6, 6.07) is 23.6. The van der Waals surface area contributed by atoms with E-state index >= 15 is 0 Å². The first-order valence-corrected chi connectivity index (χ1v) is 11.8. The maximum atomic E-state index is 13.4. The second-order valence-corrected chi connectivity index (χ2v) is 8.84. The molecule has 3 aromatic carbocycles. The summed E-state index contributed by atoms with van der Waals surface area (Å²) in [6.45, 7) is 4.24. The first kappa shape index (κ1) is 25.3. The fraction of sp³-hybridized carbons (Fsp3) is 0.286. The molecule has 6 heteroatoms.